The van der Waals surface area contributed by atoms with Crippen LogP contribution in [0.2, 0.25) is 0 Å². The van der Waals surface area contributed by atoms with E-state index in [1.165, 1.54) is 24.8 Å². The molecule has 4 nitrogen and oxygen atoms in total. The molecule has 1 N–H and O–H groups in total. The Labute approximate surface area is 126 Å². The highest BCUT2D eigenvalue weighted by molar-refractivity contribution is 5.78. The molecule has 1 aliphatic heterocycles. The summed E-state index contributed by atoms with van der Waals surface area (Å²) < 4.78 is 2.32. The summed E-state index contributed by atoms with van der Waals surface area (Å²) in [5.41, 5.74) is 2.33. The Morgan fingerprint density at radius 3 is 2.95 bits per heavy atom. The quantitative estimate of drug-likeness (QED) is 0.870. The van der Waals surface area contributed by atoms with Crippen molar-refractivity contribution in [2.45, 2.75) is 45.8 Å². The first-order valence-electron chi connectivity index (χ1n) is 8.17. The Morgan fingerprint density at radius 2 is 2.05 bits per heavy atom. The molecule has 0 unspecified atom stereocenters. The average Bonchev–Trinajstić information content (AvgIpc) is 2.88. The fourth-order valence-corrected chi connectivity index (χ4v) is 4.05. The Morgan fingerprint density at radius 1 is 1.19 bits per heavy atom. The first-order valence-corrected chi connectivity index (χ1v) is 8.17. The van der Waals surface area contributed by atoms with Gasteiger partial charge in [0.2, 0.25) is 5.95 Å². The average molecular weight is 284 g/mol. The van der Waals surface area contributed by atoms with E-state index < -0.39 is 0 Å². The zero-order valence-corrected chi connectivity index (χ0v) is 12.9. The van der Waals surface area contributed by atoms with Gasteiger partial charge in [0.1, 0.15) is 0 Å². The molecule has 0 spiro atoms. The predicted octanol–water partition coefficient (Wildman–Crippen LogP) is 3.50. The second kappa shape index (κ2) is 5.02. The molecule has 2 aliphatic rings. The summed E-state index contributed by atoms with van der Waals surface area (Å²) in [4.78, 5) is 7.29. The highest BCUT2D eigenvalue weighted by Crippen LogP contribution is 2.34. The second-order valence-electron chi connectivity index (χ2n) is 6.75. The molecule has 0 radical (unpaired) electrons. The largest absolute Gasteiger partial charge is 0.343 e. The molecule has 1 saturated carbocycles. The van der Waals surface area contributed by atoms with Crippen LogP contribution in [-0.4, -0.2) is 27.2 Å². The van der Waals surface area contributed by atoms with Crippen molar-refractivity contribution in [3.8, 4) is 0 Å². The normalized spacial score (nSPS) is 30.1. The van der Waals surface area contributed by atoms with Crippen LogP contribution in [0.3, 0.4) is 0 Å². The summed E-state index contributed by atoms with van der Waals surface area (Å²) in [5, 5.41) is 3.51. The van der Waals surface area contributed by atoms with Crippen molar-refractivity contribution >= 4 is 17.0 Å². The van der Waals surface area contributed by atoms with Crippen LogP contribution in [0.15, 0.2) is 24.3 Å². The number of hydrogen-bond donors (Lipinski definition) is 1. The molecule has 0 bridgehead atoms. The Balaban J connectivity index is 1.64. The van der Waals surface area contributed by atoms with Gasteiger partial charge < -0.3 is 5.32 Å². The van der Waals surface area contributed by atoms with E-state index in [1.807, 2.05) is 0 Å². The van der Waals surface area contributed by atoms with Crippen molar-refractivity contribution in [1.29, 1.82) is 0 Å². The molecule has 2 heterocycles. The zero-order chi connectivity index (χ0) is 14.4. The van der Waals surface area contributed by atoms with Crippen LogP contribution in [0.5, 0.6) is 0 Å². The Hall–Kier alpha value is -1.55. The lowest BCUT2D eigenvalue weighted by molar-refractivity contribution is 0.0584. The highest BCUT2D eigenvalue weighted by atomic mass is 15.4. The number of para-hydroxylation sites is 2. The van der Waals surface area contributed by atoms with E-state index in [9.17, 15) is 0 Å². The summed E-state index contributed by atoms with van der Waals surface area (Å²) in [7, 11) is 0. The van der Waals surface area contributed by atoms with Crippen molar-refractivity contribution in [2.24, 2.45) is 11.8 Å². The van der Waals surface area contributed by atoms with Gasteiger partial charge in [-0.25, -0.2) is 4.98 Å². The lowest BCUT2D eigenvalue weighted by atomic mass is 9.77. The third-order valence-electron chi connectivity index (χ3n) is 5.55. The third kappa shape index (κ3) is 2.13. The molecule has 4 heteroatoms. The second-order valence-corrected chi connectivity index (χ2v) is 6.75. The van der Waals surface area contributed by atoms with Crippen LogP contribution >= 0.6 is 0 Å². The number of nitrogens with one attached hydrogen (secondary N) is 1. The standard InChI is InChI=1S/C17H24N4/c1-12-6-5-9-15(13(12)2)20-10-18-17-19-14-7-3-4-8-16(14)21(17)11-20/h3-4,7-8,12-13,15H,5-6,9-11H2,1-2H3,(H,18,19)/t12-,13+,15+/m0/s1. The minimum atomic E-state index is 0.690. The number of benzene rings is 1. The van der Waals surface area contributed by atoms with Crippen LogP contribution in [0.1, 0.15) is 33.1 Å². The van der Waals surface area contributed by atoms with E-state index in [0.29, 0.717) is 6.04 Å². The van der Waals surface area contributed by atoms with Gasteiger partial charge in [0.05, 0.1) is 24.4 Å². The van der Waals surface area contributed by atoms with E-state index in [0.717, 1.165) is 36.6 Å². The number of rotatable bonds is 1. The van der Waals surface area contributed by atoms with E-state index in [2.05, 4.69) is 52.9 Å². The molecule has 0 saturated heterocycles. The lowest BCUT2D eigenvalue weighted by Gasteiger charge is -2.43. The Bertz CT molecular complexity index is 647. The van der Waals surface area contributed by atoms with Gasteiger partial charge in [-0.1, -0.05) is 38.8 Å². The smallest absolute Gasteiger partial charge is 0.206 e. The minimum absolute atomic E-state index is 0.690. The maximum atomic E-state index is 4.69. The summed E-state index contributed by atoms with van der Waals surface area (Å²) in [5.74, 6) is 2.63. The van der Waals surface area contributed by atoms with Crippen molar-refractivity contribution in [3.05, 3.63) is 24.3 Å². The van der Waals surface area contributed by atoms with Crippen molar-refractivity contribution in [1.82, 2.24) is 14.5 Å². The maximum absolute atomic E-state index is 4.69. The van der Waals surface area contributed by atoms with Gasteiger partial charge in [-0.15, -0.1) is 0 Å². The molecular formula is C17H24N4. The summed E-state index contributed by atoms with van der Waals surface area (Å²) >= 11 is 0. The molecule has 112 valence electrons. The van der Waals surface area contributed by atoms with Gasteiger partial charge in [-0.2, -0.15) is 0 Å². The summed E-state index contributed by atoms with van der Waals surface area (Å²) in [6.07, 6.45) is 4.08. The Kier molecular flexibility index (Phi) is 3.14. The number of imidazole rings is 1. The molecule has 1 aromatic heterocycles. The predicted molar refractivity (Wildman–Crippen MR) is 86.0 cm³/mol. The minimum Gasteiger partial charge on any atom is -0.343 e. The lowest BCUT2D eigenvalue weighted by Crippen LogP contribution is -2.49. The van der Waals surface area contributed by atoms with Gasteiger partial charge in [0.15, 0.2) is 0 Å². The molecule has 1 aliphatic carbocycles. The van der Waals surface area contributed by atoms with E-state index in [1.54, 1.807) is 0 Å². The maximum Gasteiger partial charge on any atom is 0.206 e. The van der Waals surface area contributed by atoms with Crippen molar-refractivity contribution in [2.75, 3.05) is 12.0 Å². The molecule has 2 aromatic rings. The molecule has 4 rings (SSSR count). The number of anilines is 1. The fourth-order valence-electron chi connectivity index (χ4n) is 4.05. The number of hydrogen-bond acceptors (Lipinski definition) is 3. The topological polar surface area (TPSA) is 33.1 Å². The number of aromatic nitrogens is 2. The van der Waals surface area contributed by atoms with Gasteiger partial charge in [0.25, 0.3) is 0 Å². The molecule has 0 amide bonds. The van der Waals surface area contributed by atoms with Crippen molar-refractivity contribution < 1.29 is 0 Å². The number of fused-ring (bicyclic) bond motifs is 3. The zero-order valence-electron chi connectivity index (χ0n) is 12.9. The van der Waals surface area contributed by atoms with Gasteiger partial charge >= 0.3 is 0 Å². The molecule has 1 fully saturated rings. The first-order chi connectivity index (χ1) is 10.2. The summed E-state index contributed by atoms with van der Waals surface area (Å²) in [6, 6.07) is 9.11. The van der Waals surface area contributed by atoms with Crippen LogP contribution in [0.4, 0.5) is 5.95 Å². The SMILES string of the molecule is C[C@H]1[C@H](N2CNc3nc4ccccc4n3C2)CCC[C@@H]1C. The first kappa shape index (κ1) is 13.1. The van der Waals surface area contributed by atoms with Crippen LogP contribution in [0.25, 0.3) is 11.0 Å². The highest BCUT2D eigenvalue weighted by Gasteiger charge is 2.33. The summed E-state index contributed by atoms with van der Waals surface area (Å²) in [6.45, 7) is 6.72. The van der Waals surface area contributed by atoms with Crippen LogP contribution in [0, 0.1) is 11.8 Å². The van der Waals surface area contributed by atoms with Gasteiger partial charge in [0, 0.05) is 6.04 Å². The monoisotopic (exact) mass is 284 g/mol. The van der Waals surface area contributed by atoms with E-state index in [-0.39, 0.29) is 0 Å². The number of nitrogens with zero attached hydrogens (tertiary/aromatic N) is 3. The van der Waals surface area contributed by atoms with Gasteiger partial charge in [-0.3, -0.25) is 9.47 Å². The van der Waals surface area contributed by atoms with E-state index >= 15 is 0 Å². The van der Waals surface area contributed by atoms with Crippen LogP contribution < -0.4 is 5.32 Å². The molecule has 21 heavy (non-hydrogen) atoms. The molecule has 1 aromatic carbocycles. The fraction of sp³-hybridized carbons (Fsp3) is 0.588. The van der Waals surface area contributed by atoms with Crippen molar-refractivity contribution in [3.63, 3.8) is 0 Å². The molecular weight excluding hydrogens is 260 g/mol. The van der Waals surface area contributed by atoms with Gasteiger partial charge in [-0.05, 0) is 30.4 Å². The third-order valence-corrected chi connectivity index (χ3v) is 5.55. The van der Waals surface area contributed by atoms with Crippen LogP contribution in [-0.2, 0) is 6.67 Å². The van der Waals surface area contributed by atoms with E-state index in [4.69, 9.17) is 4.98 Å². The molecule has 3 atom stereocenters.